The van der Waals surface area contributed by atoms with E-state index in [9.17, 15) is 9.59 Å². The number of nitrogens with one attached hydrogen (secondary N) is 2. The fourth-order valence-electron chi connectivity index (χ4n) is 0.916. The van der Waals surface area contributed by atoms with Crippen molar-refractivity contribution in [3.63, 3.8) is 0 Å². The van der Waals surface area contributed by atoms with Crippen LogP contribution in [0.15, 0.2) is 0 Å². The molecular weight excluding hydrogens is 144 g/mol. The van der Waals surface area contributed by atoms with Crippen LogP contribution in [-0.4, -0.2) is 23.4 Å². The Kier molecular flexibility index (Phi) is 1.62. The summed E-state index contributed by atoms with van der Waals surface area (Å²) in [6.45, 7) is 5.00. The van der Waals surface area contributed by atoms with Gasteiger partial charge in [-0.2, -0.15) is 0 Å². The molecule has 4 nitrogen and oxygen atoms in total. The lowest BCUT2D eigenvalue weighted by Crippen LogP contribution is -2.65. The number of carbonyl (C=O) groups is 2. The van der Waals surface area contributed by atoms with E-state index >= 15 is 0 Å². The summed E-state index contributed by atoms with van der Waals surface area (Å²) in [6, 6.07) is -0.407. The zero-order chi connectivity index (χ0) is 8.65. The third-order valence-electron chi connectivity index (χ3n) is 1.74. The average Bonchev–Trinajstić information content (AvgIpc) is 1.83. The van der Waals surface area contributed by atoms with Crippen molar-refractivity contribution in [1.29, 1.82) is 0 Å². The maximum absolute atomic E-state index is 11.1. The van der Waals surface area contributed by atoms with Crippen molar-refractivity contribution < 1.29 is 9.59 Å². The Morgan fingerprint density at radius 3 is 2.36 bits per heavy atom. The first-order chi connectivity index (χ1) is 4.93. The highest BCUT2D eigenvalue weighted by molar-refractivity contribution is 5.98. The molecule has 0 bridgehead atoms. The fraction of sp³-hybridized carbons (Fsp3) is 0.714. The van der Waals surface area contributed by atoms with E-state index in [4.69, 9.17) is 0 Å². The molecule has 0 radical (unpaired) electrons. The molecule has 1 fully saturated rings. The van der Waals surface area contributed by atoms with E-state index in [0.717, 1.165) is 0 Å². The summed E-state index contributed by atoms with van der Waals surface area (Å²) in [4.78, 5) is 22.2. The van der Waals surface area contributed by atoms with Crippen LogP contribution >= 0.6 is 0 Å². The van der Waals surface area contributed by atoms with E-state index in [2.05, 4.69) is 10.6 Å². The third kappa shape index (κ3) is 1.34. The quantitative estimate of drug-likeness (QED) is 0.492. The molecule has 0 aromatic heterocycles. The second kappa shape index (κ2) is 2.22. The van der Waals surface area contributed by atoms with Gasteiger partial charge >= 0.3 is 0 Å². The van der Waals surface area contributed by atoms with Crippen LogP contribution < -0.4 is 10.6 Å². The number of rotatable bonds is 0. The molecule has 0 saturated carbocycles. The summed E-state index contributed by atoms with van der Waals surface area (Å²) in [5.74, 6) is -0.265. The van der Waals surface area contributed by atoms with E-state index in [0.29, 0.717) is 0 Å². The van der Waals surface area contributed by atoms with E-state index in [1.165, 1.54) is 0 Å². The fourth-order valence-corrected chi connectivity index (χ4v) is 0.916. The van der Waals surface area contributed by atoms with Crippen molar-refractivity contribution >= 4 is 11.8 Å². The van der Waals surface area contributed by atoms with Crippen LogP contribution in [-0.2, 0) is 9.59 Å². The highest BCUT2D eigenvalue weighted by Gasteiger charge is 2.36. The van der Waals surface area contributed by atoms with Gasteiger partial charge in [0.05, 0.1) is 0 Å². The van der Waals surface area contributed by atoms with Crippen LogP contribution in [0.5, 0.6) is 0 Å². The van der Waals surface area contributed by atoms with Crippen LogP contribution in [0.2, 0.25) is 0 Å². The Morgan fingerprint density at radius 2 is 1.91 bits per heavy atom. The van der Waals surface area contributed by atoms with E-state index in [1.807, 2.05) is 0 Å². The summed E-state index contributed by atoms with van der Waals surface area (Å²) < 4.78 is 0. The zero-order valence-electron chi connectivity index (χ0n) is 6.89. The number of piperazine rings is 1. The molecule has 2 N–H and O–H groups in total. The number of carbonyl (C=O) groups excluding carboxylic acids is 2. The molecule has 2 amide bonds. The number of hydrogen-bond acceptors (Lipinski definition) is 2. The van der Waals surface area contributed by atoms with Gasteiger partial charge in [-0.1, -0.05) is 0 Å². The van der Waals surface area contributed by atoms with Crippen LogP contribution in [0.1, 0.15) is 20.8 Å². The molecule has 1 aliphatic rings. The molecule has 1 rings (SSSR count). The molecule has 1 atom stereocenters. The van der Waals surface area contributed by atoms with E-state index in [-0.39, 0.29) is 11.8 Å². The number of amides is 2. The molecule has 0 aliphatic carbocycles. The summed E-state index contributed by atoms with van der Waals surface area (Å²) >= 11 is 0. The standard InChI is InChI=1S/C7H12N2O2/c1-4-5(10)9-7(2,3)6(11)8-4/h4H,1-3H3,(H,8,11)(H,9,10)/t4-/m0/s1. The van der Waals surface area contributed by atoms with Crippen LogP contribution in [0, 0.1) is 0 Å². The lowest BCUT2D eigenvalue weighted by atomic mass is 10.00. The second-order valence-corrected chi connectivity index (χ2v) is 3.31. The van der Waals surface area contributed by atoms with Gasteiger partial charge in [0, 0.05) is 0 Å². The summed E-state index contributed by atoms with van der Waals surface area (Å²) in [7, 11) is 0. The van der Waals surface area contributed by atoms with Crippen molar-refractivity contribution in [1.82, 2.24) is 10.6 Å². The van der Waals surface area contributed by atoms with Gasteiger partial charge in [-0.05, 0) is 20.8 Å². The predicted octanol–water partition coefficient (Wildman–Crippen LogP) is -0.601. The third-order valence-corrected chi connectivity index (χ3v) is 1.74. The normalized spacial score (nSPS) is 29.2. The molecule has 0 aromatic rings. The minimum absolute atomic E-state index is 0.130. The maximum Gasteiger partial charge on any atom is 0.245 e. The first-order valence-corrected chi connectivity index (χ1v) is 3.56. The Labute approximate surface area is 65.3 Å². The lowest BCUT2D eigenvalue weighted by molar-refractivity contribution is -0.139. The van der Waals surface area contributed by atoms with Gasteiger partial charge < -0.3 is 10.6 Å². The first kappa shape index (κ1) is 8.04. The van der Waals surface area contributed by atoms with Crippen molar-refractivity contribution in [2.75, 3.05) is 0 Å². The van der Waals surface area contributed by atoms with Gasteiger partial charge in [-0.15, -0.1) is 0 Å². The van der Waals surface area contributed by atoms with Gasteiger partial charge in [0.25, 0.3) is 0 Å². The SMILES string of the molecule is C[C@@H]1NC(=O)C(C)(C)NC1=O. The molecule has 1 heterocycles. The van der Waals surface area contributed by atoms with Crippen molar-refractivity contribution in [2.45, 2.75) is 32.4 Å². The minimum atomic E-state index is -0.760. The Balaban J connectivity index is 2.79. The summed E-state index contributed by atoms with van der Waals surface area (Å²) in [5.41, 5.74) is -0.760. The number of hydrogen-bond donors (Lipinski definition) is 2. The Morgan fingerprint density at radius 1 is 1.36 bits per heavy atom. The summed E-state index contributed by atoms with van der Waals surface area (Å²) in [5, 5.41) is 5.17. The predicted molar refractivity (Wildman–Crippen MR) is 39.8 cm³/mol. The molecule has 0 aromatic carbocycles. The molecule has 1 saturated heterocycles. The van der Waals surface area contributed by atoms with Crippen LogP contribution in [0.4, 0.5) is 0 Å². The van der Waals surface area contributed by atoms with Gasteiger partial charge in [0.15, 0.2) is 0 Å². The smallest absolute Gasteiger partial charge is 0.245 e. The second-order valence-electron chi connectivity index (χ2n) is 3.31. The van der Waals surface area contributed by atoms with Crippen molar-refractivity contribution in [2.24, 2.45) is 0 Å². The zero-order valence-corrected chi connectivity index (χ0v) is 6.89. The molecule has 11 heavy (non-hydrogen) atoms. The highest BCUT2D eigenvalue weighted by Crippen LogP contribution is 2.07. The molecular formula is C7H12N2O2. The van der Waals surface area contributed by atoms with Crippen LogP contribution in [0.25, 0.3) is 0 Å². The monoisotopic (exact) mass is 156 g/mol. The van der Waals surface area contributed by atoms with Gasteiger partial charge in [-0.25, -0.2) is 0 Å². The van der Waals surface area contributed by atoms with Gasteiger partial charge in [0.2, 0.25) is 11.8 Å². The van der Waals surface area contributed by atoms with Crippen molar-refractivity contribution in [3.8, 4) is 0 Å². The highest BCUT2D eigenvalue weighted by atomic mass is 16.2. The van der Waals surface area contributed by atoms with E-state index < -0.39 is 11.6 Å². The molecule has 62 valence electrons. The van der Waals surface area contributed by atoms with Gasteiger partial charge in [0.1, 0.15) is 11.6 Å². The minimum Gasteiger partial charge on any atom is -0.343 e. The molecule has 4 heteroatoms. The van der Waals surface area contributed by atoms with Crippen molar-refractivity contribution in [3.05, 3.63) is 0 Å². The maximum atomic E-state index is 11.1. The van der Waals surface area contributed by atoms with Gasteiger partial charge in [-0.3, -0.25) is 9.59 Å². The first-order valence-electron chi connectivity index (χ1n) is 3.56. The lowest BCUT2D eigenvalue weighted by Gasteiger charge is -2.33. The molecule has 0 spiro atoms. The van der Waals surface area contributed by atoms with Crippen LogP contribution in [0.3, 0.4) is 0 Å². The molecule has 1 aliphatic heterocycles. The largest absolute Gasteiger partial charge is 0.343 e. The summed E-state index contributed by atoms with van der Waals surface area (Å²) in [6.07, 6.45) is 0. The topological polar surface area (TPSA) is 58.2 Å². The van der Waals surface area contributed by atoms with E-state index in [1.54, 1.807) is 20.8 Å². The average molecular weight is 156 g/mol. The molecule has 0 unspecified atom stereocenters. The Bertz CT molecular complexity index is 210. The Hall–Kier alpha value is -1.06.